The van der Waals surface area contributed by atoms with Gasteiger partial charge in [-0.15, -0.1) is 10.2 Å². The van der Waals surface area contributed by atoms with Gasteiger partial charge in [0.25, 0.3) is 0 Å². The van der Waals surface area contributed by atoms with Crippen LogP contribution >= 0.6 is 11.8 Å². The van der Waals surface area contributed by atoms with E-state index < -0.39 is 10.0 Å². The zero-order valence-electron chi connectivity index (χ0n) is 13.9. The molecular formula is C16H22N4O2S2. The highest BCUT2D eigenvalue weighted by molar-refractivity contribution is 7.98. The summed E-state index contributed by atoms with van der Waals surface area (Å²) >= 11 is 1.65. The highest BCUT2D eigenvalue weighted by Crippen LogP contribution is 2.29. The zero-order chi connectivity index (χ0) is 17.2. The molecule has 6 nitrogen and oxygen atoms in total. The van der Waals surface area contributed by atoms with Gasteiger partial charge in [-0.05, 0) is 18.4 Å². The number of aromatic nitrogens is 3. The average molecular weight is 367 g/mol. The molecule has 24 heavy (non-hydrogen) atoms. The van der Waals surface area contributed by atoms with Gasteiger partial charge >= 0.3 is 0 Å². The summed E-state index contributed by atoms with van der Waals surface area (Å²) in [7, 11) is -1.19. The second kappa shape index (κ2) is 7.25. The second-order valence-corrected chi connectivity index (χ2v) is 9.06. The van der Waals surface area contributed by atoms with Crippen LogP contribution in [0.4, 0.5) is 0 Å². The quantitative estimate of drug-likeness (QED) is 0.759. The van der Waals surface area contributed by atoms with Gasteiger partial charge in [-0.25, -0.2) is 12.7 Å². The van der Waals surface area contributed by atoms with Crippen LogP contribution in [0.15, 0.2) is 35.5 Å². The molecule has 1 aromatic carbocycles. The third-order valence-electron chi connectivity index (χ3n) is 4.30. The average Bonchev–Trinajstić information content (AvgIpc) is 2.94. The molecule has 0 spiro atoms. The van der Waals surface area contributed by atoms with Crippen molar-refractivity contribution in [3.05, 3.63) is 41.7 Å². The molecule has 2 aromatic rings. The Labute approximate surface area is 147 Å². The Morgan fingerprint density at radius 1 is 1.25 bits per heavy atom. The fourth-order valence-electron chi connectivity index (χ4n) is 2.98. The highest BCUT2D eigenvalue weighted by Gasteiger charge is 2.30. The van der Waals surface area contributed by atoms with Crippen molar-refractivity contribution < 1.29 is 8.42 Å². The van der Waals surface area contributed by atoms with Crippen LogP contribution in [0.1, 0.15) is 30.1 Å². The maximum atomic E-state index is 11.8. The monoisotopic (exact) mass is 366 g/mol. The first-order chi connectivity index (χ1) is 11.4. The lowest BCUT2D eigenvalue weighted by molar-refractivity contribution is 0.307. The maximum absolute atomic E-state index is 11.8. The van der Waals surface area contributed by atoms with Crippen molar-refractivity contribution in [2.24, 2.45) is 7.05 Å². The fraction of sp³-hybridized carbons (Fsp3) is 0.500. The van der Waals surface area contributed by atoms with E-state index in [9.17, 15) is 8.42 Å². The van der Waals surface area contributed by atoms with Crippen molar-refractivity contribution in [3.8, 4) is 0 Å². The van der Waals surface area contributed by atoms with E-state index in [0.29, 0.717) is 13.1 Å². The van der Waals surface area contributed by atoms with Crippen LogP contribution in [0.5, 0.6) is 0 Å². The van der Waals surface area contributed by atoms with Gasteiger partial charge in [-0.3, -0.25) is 0 Å². The van der Waals surface area contributed by atoms with Crippen molar-refractivity contribution in [1.29, 1.82) is 0 Å². The topological polar surface area (TPSA) is 68.1 Å². The molecule has 0 N–H and O–H groups in total. The van der Waals surface area contributed by atoms with Gasteiger partial charge < -0.3 is 4.57 Å². The summed E-state index contributed by atoms with van der Waals surface area (Å²) in [6.07, 6.45) is 3.08. The Bertz CT molecular complexity index is 790. The lowest BCUT2D eigenvalue weighted by atomic mass is 9.99. The molecule has 0 saturated carbocycles. The van der Waals surface area contributed by atoms with E-state index in [2.05, 4.69) is 22.3 Å². The molecule has 1 aliphatic rings. The zero-order valence-corrected chi connectivity index (χ0v) is 15.6. The standard InChI is InChI=1S/C16H22N4O2S2/c1-19-15(14-9-6-10-20(11-14)24(2,21)22)17-18-16(19)23-12-13-7-4-3-5-8-13/h3-5,7-8,14H,6,9-12H2,1-2H3. The molecule has 130 valence electrons. The highest BCUT2D eigenvalue weighted by atomic mass is 32.2. The predicted molar refractivity (Wildman–Crippen MR) is 95.4 cm³/mol. The Morgan fingerprint density at radius 2 is 2.00 bits per heavy atom. The van der Waals surface area contributed by atoms with Gasteiger partial charge in [0.05, 0.1) is 6.26 Å². The summed E-state index contributed by atoms with van der Waals surface area (Å²) in [6, 6.07) is 10.2. The number of hydrogen-bond donors (Lipinski definition) is 0. The van der Waals surface area contributed by atoms with E-state index in [1.807, 2.05) is 29.8 Å². The van der Waals surface area contributed by atoms with E-state index in [-0.39, 0.29) is 5.92 Å². The molecule has 0 amide bonds. The summed E-state index contributed by atoms with van der Waals surface area (Å²) < 4.78 is 27.1. The molecule has 8 heteroatoms. The molecule has 1 unspecified atom stereocenters. The van der Waals surface area contributed by atoms with Gasteiger partial charge in [0.1, 0.15) is 5.82 Å². The molecule has 1 atom stereocenters. The molecule has 1 saturated heterocycles. The smallest absolute Gasteiger partial charge is 0.211 e. The lowest BCUT2D eigenvalue weighted by Gasteiger charge is -2.30. The maximum Gasteiger partial charge on any atom is 0.211 e. The Hall–Kier alpha value is -1.38. The number of sulfonamides is 1. The van der Waals surface area contributed by atoms with Crippen LogP contribution in [-0.2, 0) is 22.8 Å². The molecular weight excluding hydrogens is 344 g/mol. The third-order valence-corrected chi connectivity index (χ3v) is 6.66. The molecule has 1 aliphatic heterocycles. The summed E-state index contributed by atoms with van der Waals surface area (Å²) in [5.41, 5.74) is 1.24. The van der Waals surface area contributed by atoms with Crippen LogP contribution in [0.2, 0.25) is 0 Å². The Balaban J connectivity index is 1.70. The van der Waals surface area contributed by atoms with Crippen molar-refractivity contribution in [2.45, 2.75) is 29.7 Å². The number of thioether (sulfide) groups is 1. The largest absolute Gasteiger partial charge is 0.309 e. The van der Waals surface area contributed by atoms with Crippen LogP contribution in [-0.4, -0.2) is 46.8 Å². The van der Waals surface area contributed by atoms with E-state index in [1.54, 1.807) is 16.1 Å². The second-order valence-electron chi connectivity index (χ2n) is 6.13. The first-order valence-electron chi connectivity index (χ1n) is 7.96. The molecule has 0 radical (unpaired) electrons. The van der Waals surface area contributed by atoms with Crippen LogP contribution in [0.25, 0.3) is 0 Å². The van der Waals surface area contributed by atoms with Crippen molar-refractivity contribution in [2.75, 3.05) is 19.3 Å². The SMILES string of the molecule is Cn1c(SCc2ccccc2)nnc1C1CCCN(S(C)(=O)=O)C1. The molecule has 2 heterocycles. The Morgan fingerprint density at radius 3 is 2.71 bits per heavy atom. The summed E-state index contributed by atoms with van der Waals surface area (Å²) in [5.74, 6) is 1.82. The summed E-state index contributed by atoms with van der Waals surface area (Å²) in [6.45, 7) is 1.09. The van der Waals surface area contributed by atoms with Crippen molar-refractivity contribution in [1.82, 2.24) is 19.1 Å². The Kier molecular flexibility index (Phi) is 5.27. The minimum Gasteiger partial charge on any atom is -0.309 e. The first-order valence-corrected chi connectivity index (χ1v) is 10.8. The van der Waals surface area contributed by atoms with E-state index >= 15 is 0 Å². The van der Waals surface area contributed by atoms with Crippen LogP contribution in [0, 0.1) is 0 Å². The molecule has 1 fully saturated rings. The van der Waals surface area contributed by atoms with E-state index in [1.165, 1.54) is 11.8 Å². The first kappa shape index (κ1) is 17.4. The summed E-state index contributed by atoms with van der Waals surface area (Å²) in [5, 5.41) is 9.51. The van der Waals surface area contributed by atoms with Crippen molar-refractivity contribution in [3.63, 3.8) is 0 Å². The van der Waals surface area contributed by atoms with Gasteiger partial charge in [0, 0.05) is 31.8 Å². The minimum atomic E-state index is -3.15. The van der Waals surface area contributed by atoms with Gasteiger partial charge in [-0.1, -0.05) is 42.1 Å². The van der Waals surface area contributed by atoms with Gasteiger partial charge in [-0.2, -0.15) is 0 Å². The predicted octanol–water partition coefficient (Wildman–Crippen LogP) is 2.25. The van der Waals surface area contributed by atoms with E-state index in [4.69, 9.17) is 0 Å². The van der Waals surface area contributed by atoms with Crippen LogP contribution in [0.3, 0.4) is 0 Å². The fourth-order valence-corrected chi connectivity index (χ4v) is 4.77. The third kappa shape index (κ3) is 3.99. The van der Waals surface area contributed by atoms with Gasteiger partial charge in [0.2, 0.25) is 10.0 Å². The van der Waals surface area contributed by atoms with Crippen LogP contribution < -0.4 is 0 Å². The number of nitrogens with zero attached hydrogens (tertiary/aromatic N) is 4. The number of piperidine rings is 1. The van der Waals surface area contributed by atoms with Gasteiger partial charge in [0.15, 0.2) is 5.16 Å². The summed E-state index contributed by atoms with van der Waals surface area (Å²) in [4.78, 5) is 0. The molecule has 3 rings (SSSR count). The molecule has 1 aromatic heterocycles. The minimum absolute atomic E-state index is 0.108. The van der Waals surface area contributed by atoms with E-state index in [0.717, 1.165) is 29.6 Å². The normalized spacial score (nSPS) is 19.5. The lowest BCUT2D eigenvalue weighted by Crippen LogP contribution is -2.39. The number of rotatable bonds is 5. The van der Waals surface area contributed by atoms with Crippen molar-refractivity contribution >= 4 is 21.8 Å². The number of hydrogen-bond acceptors (Lipinski definition) is 5. The molecule has 0 bridgehead atoms. The molecule has 0 aliphatic carbocycles. The number of benzene rings is 1.